The fraction of sp³-hybridized carbons (Fsp3) is 0.397. The third kappa shape index (κ3) is 14.2. The van der Waals surface area contributed by atoms with Crippen molar-refractivity contribution in [2.75, 3.05) is 26.8 Å². The number of fused-ring (bicyclic) bond motifs is 2. The number of urea groups is 1. The summed E-state index contributed by atoms with van der Waals surface area (Å²) >= 11 is 2.97. The van der Waals surface area contributed by atoms with Crippen molar-refractivity contribution in [3.8, 4) is 44.4 Å². The quantitative estimate of drug-likeness (QED) is 0.0553. The maximum atomic E-state index is 15.0. The number of halogens is 2. The molecule has 0 atom stereocenters. The van der Waals surface area contributed by atoms with Crippen molar-refractivity contribution >= 4 is 60.7 Å². The minimum absolute atomic E-state index is 0.0546. The zero-order chi connectivity index (χ0) is 54.2. The molecule has 2 fully saturated rings. The van der Waals surface area contributed by atoms with E-state index in [0.29, 0.717) is 73.5 Å². The average molecular weight is 1090 g/mol. The Morgan fingerprint density at radius 1 is 0.714 bits per heavy atom. The molecule has 2 saturated carbocycles. The van der Waals surface area contributed by atoms with Crippen molar-refractivity contribution in [2.24, 2.45) is 25.9 Å². The molecule has 0 aliphatic heterocycles. The Labute approximate surface area is 455 Å². The number of rotatable bonds is 24. The van der Waals surface area contributed by atoms with E-state index in [4.69, 9.17) is 14.2 Å². The van der Waals surface area contributed by atoms with Crippen LogP contribution in [-0.4, -0.2) is 84.4 Å². The van der Waals surface area contributed by atoms with Gasteiger partial charge in [-0.05, 0) is 105 Å². The summed E-state index contributed by atoms with van der Waals surface area (Å²) < 4.78 is 52.5. The van der Waals surface area contributed by atoms with Crippen molar-refractivity contribution in [3.63, 3.8) is 0 Å². The van der Waals surface area contributed by atoms with Crippen LogP contribution in [0.3, 0.4) is 0 Å². The second-order valence-corrected chi connectivity index (χ2v) is 22.3. The van der Waals surface area contributed by atoms with Crippen LogP contribution in [0.2, 0.25) is 0 Å². The predicted molar refractivity (Wildman–Crippen MR) is 297 cm³/mol. The maximum absolute atomic E-state index is 15.0. The number of imidazole rings is 2. The average Bonchev–Trinajstić information content (AvgIpc) is 4.24. The molecule has 15 nitrogen and oxygen atoms in total. The summed E-state index contributed by atoms with van der Waals surface area (Å²) in [6.45, 7) is 9.11. The van der Waals surface area contributed by atoms with Gasteiger partial charge < -0.3 is 38.9 Å². The lowest BCUT2D eigenvalue weighted by atomic mass is 10.0. The minimum Gasteiger partial charge on any atom is -0.453 e. The van der Waals surface area contributed by atoms with Crippen LogP contribution in [0.15, 0.2) is 85.5 Å². The fourth-order valence-corrected chi connectivity index (χ4v) is 11.1. The Kier molecular flexibility index (Phi) is 17.8. The van der Waals surface area contributed by atoms with Crippen LogP contribution in [0.5, 0.6) is 23.0 Å². The number of ether oxygens (including phenoxy) is 3. The molecule has 77 heavy (non-hydrogen) atoms. The monoisotopic (exact) mass is 1090 g/mol. The lowest BCUT2D eigenvalue weighted by Crippen LogP contribution is -2.43. The van der Waals surface area contributed by atoms with Gasteiger partial charge in [-0.15, -0.1) is 22.7 Å². The molecule has 6 heterocycles. The number of nitrogens with zero attached hydrogens (tertiary/aromatic N) is 7. The zero-order valence-corrected chi connectivity index (χ0v) is 46.0. The highest BCUT2D eigenvalue weighted by molar-refractivity contribution is 7.22. The van der Waals surface area contributed by atoms with E-state index in [9.17, 15) is 23.2 Å². The fourth-order valence-electron chi connectivity index (χ4n) is 8.91. The normalized spacial score (nSPS) is 13.3. The molecule has 0 unspecified atom stereocenters. The van der Waals surface area contributed by atoms with E-state index in [-0.39, 0.29) is 48.0 Å². The summed E-state index contributed by atoms with van der Waals surface area (Å²) in [6, 6.07) is 16.8. The molecule has 404 valence electrons. The Hall–Kier alpha value is -6.93. The summed E-state index contributed by atoms with van der Waals surface area (Å²) in [5.74, 6) is 3.21. The van der Waals surface area contributed by atoms with Gasteiger partial charge >= 0.3 is 6.03 Å². The number of pyridine rings is 2. The van der Waals surface area contributed by atoms with E-state index >= 15 is 0 Å². The molecular formula is C58H65F2N9O6S2. The van der Waals surface area contributed by atoms with E-state index < -0.39 is 11.6 Å². The minimum atomic E-state index is -0.504. The van der Waals surface area contributed by atoms with Crippen LogP contribution in [-0.2, 0) is 54.4 Å². The number of methoxy groups -OCH3 is 1. The second-order valence-electron chi connectivity index (χ2n) is 20.2. The highest BCUT2D eigenvalue weighted by Gasteiger charge is 2.26. The molecular weight excluding hydrogens is 1020 g/mol. The van der Waals surface area contributed by atoms with Crippen LogP contribution in [0.4, 0.5) is 13.6 Å². The highest BCUT2D eigenvalue weighted by Crippen LogP contribution is 2.42. The topological polar surface area (TPSA) is 168 Å². The molecule has 8 aromatic rings. The third-order valence-electron chi connectivity index (χ3n) is 13.4. The summed E-state index contributed by atoms with van der Waals surface area (Å²) in [5, 5.41) is 6.30. The first-order valence-electron chi connectivity index (χ1n) is 26.2. The Bertz CT molecular complexity index is 3380. The first-order chi connectivity index (χ1) is 37.2. The summed E-state index contributed by atoms with van der Waals surface area (Å²) in [4.78, 5) is 58.9. The summed E-state index contributed by atoms with van der Waals surface area (Å²) in [7, 11) is 5.60. The van der Waals surface area contributed by atoms with Crippen LogP contribution in [0, 0.1) is 23.5 Å². The molecule has 19 heteroatoms. The van der Waals surface area contributed by atoms with E-state index in [1.54, 1.807) is 67.0 Å². The Morgan fingerprint density at radius 2 is 1.22 bits per heavy atom. The zero-order valence-electron chi connectivity index (χ0n) is 44.4. The molecule has 2 aliphatic carbocycles. The third-order valence-corrected chi connectivity index (χ3v) is 15.6. The van der Waals surface area contributed by atoms with Gasteiger partial charge in [0.1, 0.15) is 34.7 Å². The standard InChI is InChI=1S/C31H36FN5O3S.C27H29FN4O3S/c1-5-12-37(31(39)35-19(2)3)18-22-17-34-30(36(22)4)28-16-25-29(41-28)27(10-11-33-25)40-26-9-8-21(15-24(26)32)14-23(38)13-20-6-7-20;1-32-19(15-29-9-10-34-2)16-31-27(32)25-14-22-26(36-25)24(7-8-30-22)35-23-6-5-18(13-21(23)28)12-20(33)11-17-3-4-17/h8-11,15-17,19-20H,5-7,12-14,18H2,1-4H3,(H,35,39);5-8,13-14,16-17,29H,3-4,9-12,15H2,1-2H3. The van der Waals surface area contributed by atoms with E-state index in [2.05, 4.69) is 30.6 Å². The molecule has 10 rings (SSSR count). The SMILES string of the molecule is CCCN(Cc1cnc(-c2cc3nccc(Oc4ccc(CC(=O)CC5CC5)cc4F)c3s2)n1C)C(=O)NC(C)C.COCCNCc1cnc(-c2cc3nccc(Oc4ccc(CC(=O)CC5CC5)cc4F)c3s2)n1C. The van der Waals surface area contributed by atoms with Gasteiger partial charge in [-0.1, -0.05) is 19.1 Å². The van der Waals surface area contributed by atoms with E-state index in [1.807, 2.05) is 62.3 Å². The first-order valence-corrected chi connectivity index (χ1v) is 27.9. The number of carbonyl (C=O) groups is 3. The largest absolute Gasteiger partial charge is 0.453 e. The van der Waals surface area contributed by atoms with Gasteiger partial charge in [0, 0.05) is 97.1 Å². The van der Waals surface area contributed by atoms with Gasteiger partial charge in [0.15, 0.2) is 23.1 Å². The molecule has 2 amide bonds. The highest BCUT2D eigenvalue weighted by atomic mass is 32.1. The number of thiophene rings is 2. The van der Waals surface area contributed by atoms with Crippen molar-refractivity contribution < 1.29 is 37.4 Å². The number of hydrogen-bond acceptors (Lipinski definition) is 13. The number of hydrogen-bond donors (Lipinski definition) is 2. The van der Waals surface area contributed by atoms with Crippen LogP contribution in [0.1, 0.15) is 88.2 Å². The van der Waals surface area contributed by atoms with Crippen molar-refractivity contribution in [1.29, 1.82) is 0 Å². The van der Waals surface area contributed by atoms with Gasteiger partial charge in [0.2, 0.25) is 0 Å². The van der Waals surface area contributed by atoms with Gasteiger partial charge in [0.05, 0.1) is 67.1 Å². The number of Topliss-reactive ketones (excluding diaryl/α,β-unsaturated/α-hetero) is 2. The van der Waals surface area contributed by atoms with E-state index in [1.165, 1.54) is 34.8 Å². The summed E-state index contributed by atoms with van der Waals surface area (Å²) in [6.07, 6.45) is 14.0. The van der Waals surface area contributed by atoms with Crippen LogP contribution < -0.4 is 20.1 Å². The number of nitrogens with one attached hydrogen (secondary N) is 2. The molecule has 0 radical (unpaired) electrons. The lowest BCUT2D eigenvalue weighted by molar-refractivity contribution is -0.119. The number of amides is 2. The molecule has 6 aromatic heterocycles. The molecule has 0 saturated heterocycles. The smallest absolute Gasteiger partial charge is 0.317 e. The molecule has 2 N–H and O–H groups in total. The molecule has 0 spiro atoms. The van der Waals surface area contributed by atoms with Gasteiger partial charge in [0.25, 0.3) is 0 Å². The Morgan fingerprint density at radius 3 is 1.69 bits per heavy atom. The predicted octanol–water partition coefficient (Wildman–Crippen LogP) is 12.1. The van der Waals surface area contributed by atoms with Gasteiger partial charge in [-0.2, -0.15) is 0 Å². The van der Waals surface area contributed by atoms with Gasteiger partial charge in [-0.25, -0.2) is 23.5 Å². The van der Waals surface area contributed by atoms with Crippen molar-refractivity contribution in [2.45, 2.75) is 97.7 Å². The number of benzene rings is 2. The lowest BCUT2D eigenvalue weighted by Gasteiger charge is -2.24. The van der Waals surface area contributed by atoms with Gasteiger partial charge in [-0.3, -0.25) is 19.6 Å². The van der Waals surface area contributed by atoms with Crippen LogP contribution in [0.25, 0.3) is 41.8 Å². The maximum Gasteiger partial charge on any atom is 0.317 e. The molecule has 2 aromatic carbocycles. The number of ketones is 2. The molecule has 0 bridgehead atoms. The number of carbonyl (C=O) groups excluding carboxylic acids is 3. The molecule has 2 aliphatic rings. The van der Waals surface area contributed by atoms with E-state index in [0.717, 1.165) is 91.9 Å². The van der Waals surface area contributed by atoms with Crippen LogP contribution >= 0.6 is 22.7 Å². The Balaban J connectivity index is 0.000000189. The summed E-state index contributed by atoms with van der Waals surface area (Å²) in [5.41, 5.74) is 4.78. The first kappa shape index (κ1) is 54.8. The van der Waals surface area contributed by atoms with Crippen molar-refractivity contribution in [3.05, 3.63) is 120 Å². The van der Waals surface area contributed by atoms with Crippen molar-refractivity contribution in [1.82, 2.24) is 44.6 Å². The second kappa shape index (κ2) is 25.0. The number of aromatic nitrogens is 6.